The number of Topliss-reactive ketones (excluding diaryl/α,β-unsaturated/α-hetero) is 2. The number of methoxy groups -OCH3 is 4. The molecular weight excluding hydrogens is 600 g/mol. The summed E-state index contributed by atoms with van der Waals surface area (Å²) in [6.45, 7) is 5.76. The van der Waals surface area contributed by atoms with Crippen LogP contribution >= 0.6 is 0 Å². The van der Waals surface area contributed by atoms with Gasteiger partial charge in [-0.2, -0.15) is 0 Å². The number of carbonyl (C=O) groups excluding carboxylic acids is 4. The summed E-state index contributed by atoms with van der Waals surface area (Å²) in [6, 6.07) is 4.58. The summed E-state index contributed by atoms with van der Waals surface area (Å²) >= 11 is 0. The van der Waals surface area contributed by atoms with Crippen LogP contribution in [0.4, 0.5) is 0 Å². The molecule has 46 heavy (non-hydrogen) atoms. The van der Waals surface area contributed by atoms with Crippen LogP contribution in [0.3, 0.4) is 0 Å². The Kier molecular flexibility index (Phi) is 9.79. The van der Waals surface area contributed by atoms with Crippen molar-refractivity contribution in [3.05, 3.63) is 40.5 Å². The zero-order valence-electron chi connectivity index (χ0n) is 26.9. The number of hydrogen-bond donors (Lipinski definition) is 2. The molecule has 0 radical (unpaired) electrons. The van der Waals surface area contributed by atoms with Crippen LogP contribution in [0, 0.1) is 0 Å². The Morgan fingerprint density at radius 2 is 1.17 bits per heavy atom. The predicted molar refractivity (Wildman–Crippen MR) is 167 cm³/mol. The average molecular weight is 637 g/mol. The Bertz CT molecular complexity index is 1790. The van der Waals surface area contributed by atoms with Crippen molar-refractivity contribution < 1.29 is 57.8 Å². The van der Waals surface area contributed by atoms with Crippen LogP contribution in [0.5, 0.6) is 34.5 Å². The van der Waals surface area contributed by atoms with Gasteiger partial charge in [-0.25, -0.2) is 0 Å². The number of phenolic OH excluding ortho intramolecular Hbond substituents is 2. The molecule has 1 aliphatic carbocycles. The maximum Gasteiger partial charge on any atom is 0.302 e. The fourth-order valence-electron chi connectivity index (χ4n) is 5.82. The van der Waals surface area contributed by atoms with E-state index in [9.17, 15) is 29.4 Å². The summed E-state index contributed by atoms with van der Waals surface area (Å²) in [6.07, 6.45) is 0.148. The standard InChI is InChI=1S/C34H36O12/c1-15(45-17(3)35)9-19-11-21-27(23(41-5)13-25(43-7)29(21)33(39)31(19)37)28-22-12-20(10-16(2)46-18(4)36)32(38)34(40)30(22)26(44-8)14-24(28)42-6/h11-16,37,39H,9-10H2,1-8H3/t15-,16-/m1/s1. The molecular formula is C34H36O12. The van der Waals surface area contributed by atoms with E-state index in [0.29, 0.717) is 16.5 Å². The molecule has 244 valence electrons. The van der Waals surface area contributed by atoms with Crippen molar-refractivity contribution in [2.45, 2.75) is 52.7 Å². The molecule has 12 heteroatoms. The highest BCUT2D eigenvalue weighted by molar-refractivity contribution is 6.52. The molecule has 0 fully saturated rings. The van der Waals surface area contributed by atoms with Crippen molar-refractivity contribution in [1.82, 2.24) is 0 Å². The molecule has 3 aromatic rings. The first-order valence-corrected chi connectivity index (χ1v) is 14.3. The molecule has 12 nitrogen and oxygen atoms in total. The summed E-state index contributed by atoms with van der Waals surface area (Å²) in [7, 11) is 5.59. The first-order valence-electron chi connectivity index (χ1n) is 14.3. The number of ether oxygens (including phenoxy) is 6. The van der Waals surface area contributed by atoms with E-state index in [1.54, 1.807) is 19.9 Å². The minimum Gasteiger partial charge on any atom is -0.504 e. The van der Waals surface area contributed by atoms with E-state index in [1.807, 2.05) is 0 Å². The SMILES string of the molecule is COc1cc(OC)c(-c2c(OC)cc(OC)c3c(O)c(O)c(C[C@@H](C)OC(C)=O)cc23)c2c1C(=O)C(=O)C(C[C@@H](C)OC(C)=O)=C2. The second-order valence-electron chi connectivity index (χ2n) is 10.8. The summed E-state index contributed by atoms with van der Waals surface area (Å²) in [5, 5.41) is 22.8. The zero-order valence-corrected chi connectivity index (χ0v) is 26.9. The lowest BCUT2D eigenvalue weighted by molar-refractivity contribution is -0.146. The van der Waals surface area contributed by atoms with Gasteiger partial charge in [0.15, 0.2) is 11.5 Å². The van der Waals surface area contributed by atoms with Gasteiger partial charge >= 0.3 is 11.9 Å². The van der Waals surface area contributed by atoms with Crippen LogP contribution in [0.25, 0.3) is 28.0 Å². The molecule has 0 heterocycles. The van der Waals surface area contributed by atoms with E-state index in [-0.39, 0.29) is 63.5 Å². The third kappa shape index (κ3) is 6.15. The topological polar surface area (TPSA) is 164 Å². The van der Waals surface area contributed by atoms with Crippen LogP contribution in [0.2, 0.25) is 0 Å². The second-order valence-corrected chi connectivity index (χ2v) is 10.8. The zero-order chi connectivity index (χ0) is 34.0. The van der Waals surface area contributed by atoms with Gasteiger partial charge < -0.3 is 38.6 Å². The van der Waals surface area contributed by atoms with E-state index >= 15 is 0 Å². The third-order valence-corrected chi connectivity index (χ3v) is 7.59. The molecule has 0 unspecified atom stereocenters. The lowest BCUT2D eigenvalue weighted by atomic mass is 9.81. The molecule has 2 N–H and O–H groups in total. The van der Waals surface area contributed by atoms with Crippen LogP contribution in [-0.2, 0) is 30.3 Å². The molecule has 0 aromatic heterocycles. The lowest BCUT2D eigenvalue weighted by Gasteiger charge is -2.26. The van der Waals surface area contributed by atoms with Gasteiger partial charge in [-0.15, -0.1) is 0 Å². The maximum absolute atomic E-state index is 13.7. The van der Waals surface area contributed by atoms with Gasteiger partial charge in [0.25, 0.3) is 0 Å². The Balaban J connectivity index is 2.16. The molecule has 0 amide bonds. The number of esters is 2. The minimum atomic E-state index is -0.837. The maximum atomic E-state index is 13.7. The molecule has 3 aromatic carbocycles. The molecule has 0 spiro atoms. The average Bonchev–Trinajstić information content (AvgIpc) is 2.99. The fourth-order valence-corrected chi connectivity index (χ4v) is 5.82. The van der Waals surface area contributed by atoms with Crippen LogP contribution in [0.15, 0.2) is 23.8 Å². The summed E-state index contributed by atoms with van der Waals surface area (Å²) in [5.74, 6) is -2.88. The van der Waals surface area contributed by atoms with Crippen LogP contribution in [-0.4, -0.2) is 74.4 Å². The Hall–Kier alpha value is -5.26. The number of carbonyl (C=O) groups is 4. The van der Waals surface area contributed by atoms with Gasteiger partial charge in [-0.3, -0.25) is 19.2 Å². The van der Waals surface area contributed by atoms with Gasteiger partial charge in [0.1, 0.15) is 35.2 Å². The Labute approximate surface area is 265 Å². The summed E-state index contributed by atoms with van der Waals surface area (Å²) < 4.78 is 33.2. The molecule has 0 aliphatic heterocycles. The number of ketones is 2. The molecule has 0 bridgehead atoms. The van der Waals surface area contributed by atoms with Crippen molar-refractivity contribution >= 4 is 40.4 Å². The minimum absolute atomic E-state index is 0.0232. The van der Waals surface area contributed by atoms with E-state index < -0.39 is 47.2 Å². The molecule has 2 atom stereocenters. The van der Waals surface area contributed by atoms with Gasteiger partial charge in [-0.1, -0.05) is 0 Å². The summed E-state index contributed by atoms with van der Waals surface area (Å²) in [4.78, 5) is 50.2. The molecule has 1 aliphatic rings. The highest BCUT2D eigenvalue weighted by Crippen LogP contribution is 2.54. The van der Waals surface area contributed by atoms with E-state index in [2.05, 4.69) is 0 Å². The van der Waals surface area contributed by atoms with Crippen molar-refractivity contribution in [2.24, 2.45) is 0 Å². The quantitative estimate of drug-likeness (QED) is 0.166. The number of hydrogen-bond acceptors (Lipinski definition) is 12. The van der Waals surface area contributed by atoms with Gasteiger partial charge in [0.05, 0.1) is 39.4 Å². The fraction of sp³-hybridized carbons (Fsp3) is 0.353. The number of benzene rings is 3. The Morgan fingerprint density at radius 3 is 1.72 bits per heavy atom. The smallest absolute Gasteiger partial charge is 0.302 e. The lowest BCUT2D eigenvalue weighted by Crippen LogP contribution is -2.26. The van der Waals surface area contributed by atoms with Crippen molar-refractivity contribution in [3.63, 3.8) is 0 Å². The predicted octanol–water partition coefficient (Wildman–Crippen LogP) is 4.94. The number of aromatic hydroxyl groups is 2. The largest absolute Gasteiger partial charge is 0.504 e. The van der Waals surface area contributed by atoms with Gasteiger partial charge in [0.2, 0.25) is 11.6 Å². The van der Waals surface area contributed by atoms with Crippen LogP contribution in [0.1, 0.15) is 55.6 Å². The Morgan fingerprint density at radius 1 is 0.674 bits per heavy atom. The normalized spacial score (nSPS) is 13.8. The van der Waals surface area contributed by atoms with Crippen molar-refractivity contribution in [3.8, 4) is 45.6 Å². The monoisotopic (exact) mass is 636 g/mol. The first kappa shape index (κ1) is 33.6. The van der Waals surface area contributed by atoms with E-state index in [0.717, 1.165) is 0 Å². The van der Waals surface area contributed by atoms with Crippen molar-refractivity contribution in [2.75, 3.05) is 28.4 Å². The van der Waals surface area contributed by atoms with E-state index in [4.69, 9.17) is 28.4 Å². The summed E-state index contributed by atoms with van der Waals surface area (Å²) in [5.41, 5.74) is 1.22. The molecule has 0 saturated heterocycles. The van der Waals surface area contributed by atoms with E-state index in [1.165, 1.54) is 60.5 Å². The van der Waals surface area contributed by atoms with Crippen molar-refractivity contribution in [1.29, 1.82) is 0 Å². The van der Waals surface area contributed by atoms with Crippen LogP contribution < -0.4 is 18.9 Å². The number of fused-ring (bicyclic) bond motifs is 2. The first-order chi connectivity index (χ1) is 21.8. The van der Waals surface area contributed by atoms with Gasteiger partial charge in [0, 0.05) is 72.0 Å². The molecule has 4 rings (SSSR count). The third-order valence-electron chi connectivity index (χ3n) is 7.59. The van der Waals surface area contributed by atoms with Gasteiger partial charge in [-0.05, 0) is 26.0 Å². The number of phenols is 2. The highest BCUT2D eigenvalue weighted by Gasteiger charge is 2.36. The highest BCUT2D eigenvalue weighted by atomic mass is 16.5. The number of rotatable bonds is 11. The molecule has 0 saturated carbocycles. The second kappa shape index (κ2) is 13.4.